The molecule has 0 aliphatic rings. The van der Waals surface area contributed by atoms with Crippen LogP contribution in [0.5, 0.6) is 0 Å². The Hall–Kier alpha value is -1.14. The average Bonchev–Trinajstić information content (AvgIpc) is 2.75. The third-order valence-electron chi connectivity index (χ3n) is 1.67. The molecule has 0 aliphatic heterocycles. The minimum absolute atomic E-state index is 0.778. The van der Waals surface area contributed by atoms with Gasteiger partial charge in [0.2, 0.25) is 12.1 Å². The maximum Gasteiger partial charge on any atom is 0.480 e. The van der Waals surface area contributed by atoms with Gasteiger partial charge in [-0.25, -0.2) is 16.8 Å². The number of hydrogen-bond donors (Lipinski definition) is 0. The van der Waals surface area contributed by atoms with Gasteiger partial charge in [0.1, 0.15) is 0 Å². The highest BCUT2D eigenvalue weighted by Gasteiger charge is 2.46. The second-order valence-electron chi connectivity index (χ2n) is 3.73. The van der Waals surface area contributed by atoms with E-state index < -0.39 is 43.8 Å². The number of aromatic nitrogens is 1. The van der Waals surface area contributed by atoms with E-state index in [0.717, 1.165) is 8.69 Å². The van der Waals surface area contributed by atoms with Crippen LogP contribution in [0.15, 0.2) is 17.1 Å². The molecule has 148 valence electrons. The highest BCUT2D eigenvalue weighted by atomic mass is 32.3. The normalized spacial score (nSPS) is 14.0. The topological polar surface area (TPSA) is 86.3 Å². The summed E-state index contributed by atoms with van der Waals surface area (Å²) in [6, 6.07) is 0. The van der Waals surface area contributed by atoms with Crippen molar-refractivity contribution in [3.63, 3.8) is 0 Å². The van der Waals surface area contributed by atoms with Gasteiger partial charge in [-0.15, -0.1) is 0 Å². The van der Waals surface area contributed by atoms with Crippen LogP contribution in [-0.2, 0) is 26.6 Å². The summed E-state index contributed by atoms with van der Waals surface area (Å²) < 4.78 is 145. The maximum absolute atomic E-state index is 11.6. The first kappa shape index (κ1) is 23.9. The number of rotatable bonds is 3. The van der Waals surface area contributed by atoms with Crippen LogP contribution in [0.2, 0.25) is 0 Å². The van der Waals surface area contributed by atoms with Crippen molar-refractivity contribution in [3.8, 4) is 0 Å². The second-order valence-corrected chi connectivity index (χ2v) is 7.91. The van der Waals surface area contributed by atoms with Crippen molar-refractivity contribution >= 4 is 31.4 Å². The van der Waals surface area contributed by atoms with E-state index in [4.69, 9.17) is 0 Å². The van der Waals surface area contributed by atoms with Crippen molar-refractivity contribution in [3.05, 3.63) is 21.2 Å². The maximum atomic E-state index is 11.6. The van der Waals surface area contributed by atoms with Gasteiger partial charge in [0.25, 0.3) is 0 Å². The molecule has 1 heterocycles. The summed E-state index contributed by atoms with van der Waals surface area (Å²) in [5.74, 6) is 0. The molecule has 0 atom stereocenters. The van der Waals surface area contributed by atoms with Crippen LogP contribution in [0.25, 0.3) is 4.13 Å². The van der Waals surface area contributed by atoms with Crippen molar-refractivity contribution in [2.24, 2.45) is 0 Å². The molecular formula is C7H5F9N2O4S3. The lowest BCUT2D eigenvalue weighted by molar-refractivity contribution is -0.715. The van der Waals surface area contributed by atoms with Crippen molar-refractivity contribution < 1.29 is 60.9 Å². The monoisotopic (exact) mass is 448 g/mol. The Morgan fingerprint density at radius 3 is 1.48 bits per heavy atom. The van der Waals surface area contributed by atoms with Crippen LogP contribution in [-0.4, -0.2) is 34.0 Å². The lowest BCUT2D eigenvalue weighted by Crippen LogP contribution is -2.38. The molecule has 0 bridgehead atoms. The fourth-order valence-corrected chi connectivity index (χ4v) is 3.08. The van der Waals surface area contributed by atoms with E-state index in [2.05, 4.69) is 0 Å². The molecule has 0 amide bonds. The van der Waals surface area contributed by atoms with E-state index in [-0.39, 0.29) is 0 Å². The Morgan fingerprint density at radius 2 is 1.24 bits per heavy atom. The predicted molar refractivity (Wildman–Crippen MR) is 63.9 cm³/mol. The number of thiazole rings is 1. The van der Waals surface area contributed by atoms with E-state index in [1.165, 1.54) is 23.0 Å². The van der Waals surface area contributed by atoms with Gasteiger partial charge in [-0.3, -0.25) is 0 Å². The van der Waals surface area contributed by atoms with Crippen molar-refractivity contribution in [2.75, 3.05) is 0 Å². The molecule has 0 aromatic carbocycles. The Morgan fingerprint density at radius 1 is 0.840 bits per heavy atom. The summed E-state index contributed by atoms with van der Waals surface area (Å²) in [4.78, 5) is 0. The lowest BCUT2D eigenvalue weighted by Gasteiger charge is -2.22. The zero-order chi connectivity index (χ0) is 20.3. The van der Waals surface area contributed by atoms with Crippen LogP contribution in [0.1, 0.15) is 0 Å². The van der Waals surface area contributed by atoms with E-state index in [1.807, 2.05) is 0 Å². The second kappa shape index (κ2) is 7.62. The molecule has 0 radical (unpaired) electrons. The van der Waals surface area contributed by atoms with Gasteiger partial charge < -0.3 is 4.13 Å². The standard InChI is InChI=1S/C5H5F3NS.C2F6NO4S2/c6-5(7,8)3-9-1-2-10-4-9;3-1(4,5)14(10,11)9-15(12,13)2(6,7)8/h1-2,4H,3H2;/q+1;-1. The van der Waals surface area contributed by atoms with E-state index in [9.17, 15) is 56.3 Å². The van der Waals surface area contributed by atoms with Crippen LogP contribution < -0.4 is 4.57 Å². The molecule has 0 fully saturated rings. The Balaban J connectivity index is 0.000000496. The molecule has 0 saturated carbocycles. The zero-order valence-corrected chi connectivity index (χ0v) is 13.5. The van der Waals surface area contributed by atoms with Crippen LogP contribution in [0.3, 0.4) is 0 Å². The highest BCUT2D eigenvalue weighted by Crippen LogP contribution is 2.36. The van der Waals surface area contributed by atoms with E-state index in [1.54, 1.807) is 5.38 Å². The number of alkyl halides is 9. The van der Waals surface area contributed by atoms with Gasteiger partial charge in [-0.1, -0.05) is 11.3 Å². The Bertz CT molecular complexity index is 705. The first-order valence-electron chi connectivity index (χ1n) is 5.13. The molecule has 1 aromatic heterocycles. The third-order valence-corrected chi connectivity index (χ3v) is 5.08. The molecule has 0 saturated heterocycles. The number of hydrogen-bond acceptors (Lipinski definition) is 5. The van der Waals surface area contributed by atoms with Crippen molar-refractivity contribution in [2.45, 2.75) is 23.7 Å². The fourth-order valence-electron chi connectivity index (χ4n) is 0.772. The predicted octanol–water partition coefficient (Wildman–Crippen LogP) is 2.66. The van der Waals surface area contributed by atoms with Gasteiger partial charge in [0.05, 0.1) is 5.38 Å². The van der Waals surface area contributed by atoms with Crippen LogP contribution in [0, 0.1) is 0 Å². The van der Waals surface area contributed by atoms with E-state index in [0.29, 0.717) is 0 Å². The third kappa shape index (κ3) is 8.19. The summed E-state index contributed by atoms with van der Waals surface area (Å²) in [6.45, 7) is -0.892. The minimum Gasteiger partial charge on any atom is -0.421 e. The lowest BCUT2D eigenvalue weighted by atomic mass is 10.6. The number of nitrogens with zero attached hydrogens (tertiary/aromatic N) is 2. The van der Waals surface area contributed by atoms with Crippen molar-refractivity contribution in [1.29, 1.82) is 0 Å². The van der Waals surface area contributed by atoms with Gasteiger partial charge in [0, 0.05) is 0 Å². The molecule has 25 heavy (non-hydrogen) atoms. The Labute approximate surface area is 138 Å². The molecule has 0 N–H and O–H groups in total. The SMILES string of the molecule is FC(F)(F)C[n+]1ccsc1.O=S(=O)([N-]S(=O)(=O)C(F)(F)F)C(F)(F)F. The summed E-state index contributed by atoms with van der Waals surface area (Å²) in [5.41, 5.74) is -11.0. The average molecular weight is 448 g/mol. The molecule has 1 aromatic rings. The van der Waals surface area contributed by atoms with Gasteiger partial charge in [0.15, 0.2) is 26.2 Å². The fraction of sp³-hybridized carbons (Fsp3) is 0.571. The summed E-state index contributed by atoms with van der Waals surface area (Å²) in [5, 5.41) is 1.60. The molecule has 0 aliphatic carbocycles. The largest absolute Gasteiger partial charge is 0.480 e. The molecule has 0 spiro atoms. The number of halogens is 9. The van der Waals surface area contributed by atoms with Gasteiger partial charge in [-0.05, 0) is 0 Å². The molecule has 18 heteroatoms. The van der Waals surface area contributed by atoms with Crippen LogP contribution >= 0.6 is 11.3 Å². The van der Waals surface area contributed by atoms with Gasteiger partial charge >= 0.3 is 17.2 Å². The molecular weight excluding hydrogens is 443 g/mol. The van der Waals surface area contributed by atoms with Gasteiger partial charge in [-0.2, -0.15) is 44.1 Å². The summed E-state index contributed by atoms with van der Waals surface area (Å²) in [6.07, 6.45) is -2.70. The summed E-state index contributed by atoms with van der Waals surface area (Å²) >= 11 is 1.24. The quantitative estimate of drug-likeness (QED) is 0.526. The van der Waals surface area contributed by atoms with Crippen LogP contribution in [0.4, 0.5) is 39.5 Å². The van der Waals surface area contributed by atoms with E-state index >= 15 is 0 Å². The zero-order valence-electron chi connectivity index (χ0n) is 11.1. The molecule has 0 unspecified atom stereocenters. The minimum atomic E-state index is -6.72. The first-order valence-corrected chi connectivity index (χ1v) is 8.95. The molecule has 6 nitrogen and oxygen atoms in total. The smallest absolute Gasteiger partial charge is 0.421 e. The Kier molecular flexibility index (Phi) is 7.27. The van der Waals surface area contributed by atoms with Crippen molar-refractivity contribution in [1.82, 2.24) is 0 Å². The number of sulfonamides is 2. The first-order chi connectivity index (χ1) is 10.8. The molecule has 1 rings (SSSR count). The highest BCUT2D eigenvalue weighted by molar-refractivity contribution is 8.13. The summed E-state index contributed by atoms with van der Waals surface area (Å²) in [7, 11) is -13.4.